The first kappa shape index (κ1) is 14.3. The zero-order chi connectivity index (χ0) is 15.8. The van der Waals surface area contributed by atoms with Crippen LogP contribution in [-0.4, -0.2) is 29.7 Å². The van der Waals surface area contributed by atoms with Crippen molar-refractivity contribution in [1.82, 2.24) is 29.7 Å². The Morgan fingerprint density at radius 3 is 3.00 bits per heavy atom. The molecule has 0 fully saturated rings. The number of hydrogen-bond acceptors (Lipinski definition) is 8. The zero-order valence-electron chi connectivity index (χ0n) is 12.4. The Kier molecular flexibility index (Phi) is 3.58. The number of fused-ring (bicyclic) bond motifs is 1. The largest absolute Gasteiger partial charge is 0.334 e. The van der Waals surface area contributed by atoms with Gasteiger partial charge in [0.05, 0.1) is 11.3 Å². The van der Waals surface area contributed by atoms with Crippen molar-refractivity contribution in [2.24, 2.45) is 0 Å². The summed E-state index contributed by atoms with van der Waals surface area (Å²) < 4.78 is 7.21. The third kappa shape index (κ3) is 2.73. The summed E-state index contributed by atoms with van der Waals surface area (Å²) in [4.78, 5) is 8.85. The molecule has 4 aromatic heterocycles. The van der Waals surface area contributed by atoms with Crippen molar-refractivity contribution in [3.8, 4) is 11.5 Å². The summed E-state index contributed by atoms with van der Waals surface area (Å²) in [6.45, 7) is 3.89. The molecule has 7 nitrogen and oxygen atoms in total. The Morgan fingerprint density at radius 1 is 1.26 bits per heavy atom. The first-order valence-corrected chi connectivity index (χ1v) is 8.81. The number of rotatable bonds is 4. The van der Waals surface area contributed by atoms with E-state index in [1.54, 1.807) is 11.3 Å². The van der Waals surface area contributed by atoms with Gasteiger partial charge >= 0.3 is 0 Å². The lowest BCUT2D eigenvalue weighted by Crippen LogP contribution is -1.99. The van der Waals surface area contributed by atoms with Crippen molar-refractivity contribution in [2.75, 3.05) is 0 Å². The summed E-state index contributed by atoms with van der Waals surface area (Å²) >= 11 is 3.10. The topological polar surface area (TPSA) is 82.0 Å². The molecule has 0 spiro atoms. The highest BCUT2D eigenvalue weighted by atomic mass is 32.2. The fourth-order valence-corrected chi connectivity index (χ4v) is 3.70. The summed E-state index contributed by atoms with van der Waals surface area (Å²) in [5.41, 5.74) is 2.67. The molecule has 0 saturated carbocycles. The Bertz CT molecular complexity index is 959. The molecular weight excluding hydrogens is 332 g/mol. The molecule has 0 aliphatic heterocycles. The summed E-state index contributed by atoms with van der Waals surface area (Å²) in [6.07, 6.45) is 0. The van der Waals surface area contributed by atoms with Crippen LogP contribution in [0.1, 0.15) is 17.3 Å². The van der Waals surface area contributed by atoms with Crippen LogP contribution >= 0.6 is 23.1 Å². The van der Waals surface area contributed by atoms with E-state index in [0.717, 1.165) is 27.9 Å². The molecule has 0 unspecified atom stereocenters. The van der Waals surface area contributed by atoms with Crippen LogP contribution < -0.4 is 0 Å². The quantitative estimate of drug-likeness (QED) is 0.526. The molecular formula is C14H12N6OS2. The molecule has 0 amide bonds. The molecule has 9 heteroatoms. The van der Waals surface area contributed by atoms with E-state index in [1.807, 2.05) is 41.1 Å². The monoisotopic (exact) mass is 344 g/mol. The average molecular weight is 344 g/mol. The van der Waals surface area contributed by atoms with Crippen LogP contribution in [0.2, 0.25) is 0 Å². The first-order valence-electron chi connectivity index (χ1n) is 6.88. The van der Waals surface area contributed by atoms with E-state index < -0.39 is 0 Å². The second-order valence-corrected chi connectivity index (χ2v) is 6.66. The maximum atomic E-state index is 5.28. The Labute approximate surface area is 139 Å². The molecule has 0 aromatic carbocycles. The van der Waals surface area contributed by atoms with Crippen LogP contribution in [-0.2, 0) is 5.75 Å². The normalized spacial score (nSPS) is 11.4. The van der Waals surface area contributed by atoms with Crippen molar-refractivity contribution in [2.45, 2.75) is 24.8 Å². The van der Waals surface area contributed by atoms with E-state index in [-0.39, 0.29) is 0 Å². The van der Waals surface area contributed by atoms with Gasteiger partial charge in [0.25, 0.3) is 5.89 Å². The molecule has 0 atom stereocenters. The van der Waals surface area contributed by atoms with Crippen LogP contribution in [0, 0.1) is 13.8 Å². The first-order chi connectivity index (χ1) is 11.2. The van der Waals surface area contributed by atoms with Gasteiger partial charge in [0.15, 0.2) is 16.6 Å². The maximum Gasteiger partial charge on any atom is 0.258 e. The fourth-order valence-electron chi connectivity index (χ4n) is 2.24. The summed E-state index contributed by atoms with van der Waals surface area (Å²) in [6, 6.07) is 3.87. The Hall–Kier alpha value is -2.26. The van der Waals surface area contributed by atoms with Gasteiger partial charge in [0, 0.05) is 17.1 Å². The lowest BCUT2D eigenvalue weighted by atomic mass is 10.3. The SMILES string of the molecule is Cc1cc2nnc(SCc3noc(-c4ccsc4)n3)n2c(C)n1. The van der Waals surface area contributed by atoms with Gasteiger partial charge in [0.2, 0.25) is 0 Å². The predicted molar refractivity (Wildman–Crippen MR) is 87.4 cm³/mol. The van der Waals surface area contributed by atoms with Crippen LogP contribution in [0.15, 0.2) is 32.6 Å². The molecule has 4 rings (SSSR count). The second kappa shape index (κ2) is 5.74. The number of thioether (sulfide) groups is 1. The fraction of sp³-hybridized carbons (Fsp3) is 0.214. The highest BCUT2D eigenvalue weighted by Crippen LogP contribution is 2.24. The van der Waals surface area contributed by atoms with E-state index >= 15 is 0 Å². The minimum atomic E-state index is 0.543. The molecule has 4 heterocycles. The number of aryl methyl sites for hydroxylation is 2. The number of nitrogens with zero attached hydrogens (tertiary/aromatic N) is 6. The average Bonchev–Trinajstić information content (AvgIpc) is 3.25. The van der Waals surface area contributed by atoms with Crippen molar-refractivity contribution < 1.29 is 4.52 Å². The highest BCUT2D eigenvalue weighted by molar-refractivity contribution is 7.98. The molecule has 0 aliphatic carbocycles. The van der Waals surface area contributed by atoms with Gasteiger partial charge in [-0.2, -0.15) is 16.3 Å². The molecule has 116 valence electrons. The standard InChI is InChI=1S/C14H12N6OS2/c1-8-5-12-17-18-14(20(12)9(2)15-8)23-7-11-16-13(21-19-11)10-3-4-22-6-10/h3-6H,7H2,1-2H3. The van der Waals surface area contributed by atoms with Crippen molar-refractivity contribution in [3.63, 3.8) is 0 Å². The van der Waals surface area contributed by atoms with Gasteiger partial charge in [0.1, 0.15) is 5.82 Å². The van der Waals surface area contributed by atoms with Crippen LogP contribution in [0.25, 0.3) is 17.1 Å². The lowest BCUT2D eigenvalue weighted by molar-refractivity contribution is 0.425. The summed E-state index contributed by atoms with van der Waals surface area (Å²) in [5.74, 6) is 2.59. The lowest BCUT2D eigenvalue weighted by Gasteiger charge is -2.02. The predicted octanol–water partition coefficient (Wildman–Crippen LogP) is 3.14. The summed E-state index contributed by atoms with van der Waals surface area (Å²) in [7, 11) is 0. The van der Waals surface area contributed by atoms with Crippen LogP contribution in [0.5, 0.6) is 0 Å². The van der Waals surface area contributed by atoms with Crippen molar-refractivity contribution in [3.05, 3.63) is 40.2 Å². The molecule has 0 bridgehead atoms. The van der Waals surface area contributed by atoms with Gasteiger partial charge in [-0.15, -0.1) is 10.2 Å². The van der Waals surface area contributed by atoms with E-state index in [9.17, 15) is 0 Å². The third-order valence-corrected chi connectivity index (χ3v) is 4.83. The molecule has 0 N–H and O–H groups in total. The minimum absolute atomic E-state index is 0.543. The Balaban J connectivity index is 1.56. The zero-order valence-corrected chi connectivity index (χ0v) is 14.1. The van der Waals surface area contributed by atoms with Gasteiger partial charge in [-0.3, -0.25) is 4.40 Å². The van der Waals surface area contributed by atoms with Crippen LogP contribution in [0.3, 0.4) is 0 Å². The van der Waals surface area contributed by atoms with E-state index in [1.165, 1.54) is 11.8 Å². The van der Waals surface area contributed by atoms with E-state index in [4.69, 9.17) is 4.52 Å². The van der Waals surface area contributed by atoms with E-state index in [2.05, 4.69) is 25.3 Å². The number of hydrogen-bond donors (Lipinski definition) is 0. The highest BCUT2D eigenvalue weighted by Gasteiger charge is 2.13. The number of thiophene rings is 1. The maximum absolute atomic E-state index is 5.28. The smallest absolute Gasteiger partial charge is 0.258 e. The third-order valence-electron chi connectivity index (χ3n) is 3.22. The molecule has 23 heavy (non-hydrogen) atoms. The minimum Gasteiger partial charge on any atom is -0.334 e. The van der Waals surface area contributed by atoms with Gasteiger partial charge in [-0.25, -0.2) is 4.98 Å². The summed E-state index contributed by atoms with van der Waals surface area (Å²) in [5, 5.41) is 17.2. The van der Waals surface area contributed by atoms with Gasteiger partial charge in [-0.1, -0.05) is 16.9 Å². The molecule has 0 saturated heterocycles. The van der Waals surface area contributed by atoms with Crippen LogP contribution in [0.4, 0.5) is 0 Å². The van der Waals surface area contributed by atoms with Gasteiger partial charge in [-0.05, 0) is 25.3 Å². The molecule has 0 aliphatic rings. The Morgan fingerprint density at radius 2 is 2.17 bits per heavy atom. The van der Waals surface area contributed by atoms with Gasteiger partial charge < -0.3 is 4.52 Å². The number of aromatic nitrogens is 6. The molecule has 4 aromatic rings. The van der Waals surface area contributed by atoms with E-state index in [0.29, 0.717) is 17.5 Å². The molecule has 0 radical (unpaired) electrons. The van der Waals surface area contributed by atoms with Crippen molar-refractivity contribution >= 4 is 28.7 Å². The van der Waals surface area contributed by atoms with Crippen molar-refractivity contribution in [1.29, 1.82) is 0 Å². The second-order valence-electron chi connectivity index (χ2n) is 4.94.